The van der Waals surface area contributed by atoms with Gasteiger partial charge in [-0.05, 0) is 37.0 Å². The van der Waals surface area contributed by atoms with Gasteiger partial charge in [-0.1, -0.05) is 19.1 Å². The van der Waals surface area contributed by atoms with E-state index in [1.807, 2.05) is 18.2 Å². The molecule has 0 aliphatic carbocycles. The highest BCUT2D eigenvalue weighted by molar-refractivity contribution is 5.75. The Hall–Kier alpha value is -1.55. The predicted molar refractivity (Wildman–Crippen MR) is 81.8 cm³/mol. The normalized spacial score (nSPS) is 12.0. The molecule has 1 amide bonds. The topological polar surface area (TPSA) is 55.6 Å². The van der Waals surface area contributed by atoms with E-state index in [0.717, 1.165) is 25.0 Å². The number of carbonyl (C=O) groups excluding carboxylic acids is 1. The molecule has 4 nitrogen and oxygen atoms in total. The molecular weight excluding hydrogens is 252 g/mol. The van der Waals surface area contributed by atoms with Gasteiger partial charge in [0.2, 0.25) is 5.91 Å². The summed E-state index contributed by atoms with van der Waals surface area (Å²) in [4.78, 5) is 13.0. The summed E-state index contributed by atoms with van der Waals surface area (Å²) in [7, 11) is 3.53. The van der Waals surface area contributed by atoms with Crippen molar-refractivity contribution in [2.75, 3.05) is 20.7 Å². The van der Waals surface area contributed by atoms with Crippen molar-refractivity contribution in [1.82, 2.24) is 4.90 Å². The molecule has 1 aromatic carbocycles. The quantitative estimate of drug-likeness (QED) is 0.742. The zero-order valence-electron chi connectivity index (χ0n) is 12.8. The summed E-state index contributed by atoms with van der Waals surface area (Å²) in [5.41, 5.74) is 7.15. The number of carbonyl (C=O) groups is 1. The van der Waals surface area contributed by atoms with E-state index in [1.54, 1.807) is 19.0 Å². The first-order chi connectivity index (χ1) is 9.52. The van der Waals surface area contributed by atoms with E-state index in [4.69, 9.17) is 10.5 Å². The number of ether oxygens (including phenoxy) is 1. The molecule has 0 fully saturated rings. The van der Waals surface area contributed by atoms with Crippen molar-refractivity contribution >= 4 is 5.91 Å². The van der Waals surface area contributed by atoms with Crippen molar-refractivity contribution < 1.29 is 9.53 Å². The highest BCUT2D eigenvalue weighted by Gasteiger charge is 2.05. The highest BCUT2D eigenvalue weighted by atomic mass is 16.5. The highest BCUT2D eigenvalue weighted by Crippen LogP contribution is 2.15. The summed E-state index contributed by atoms with van der Waals surface area (Å²) < 4.78 is 5.68. The summed E-state index contributed by atoms with van der Waals surface area (Å²) in [5, 5.41) is 0. The third-order valence-corrected chi connectivity index (χ3v) is 3.22. The van der Waals surface area contributed by atoms with Crippen LogP contribution in [0.25, 0.3) is 0 Å². The van der Waals surface area contributed by atoms with Gasteiger partial charge in [-0.3, -0.25) is 4.79 Å². The van der Waals surface area contributed by atoms with Crippen molar-refractivity contribution in [1.29, 1.82) is 0 Å². The van der Waals surface area contributed by atoms with E-state index in [9.17, 15) is 4.79 Å². The second-order valence-corrected chi connectivity index (χ2v) is 5.26. The maximum atomic E-state index is 11.4. The second kappa shape index (κ2) is 8.59. The number of hydrogen-bond acceptors (Lipinski definition) is 3. The maximum absolute atomic E-state index is 11.4. The first-order valence-corrected chi connectivity index (χ1v) is 7.20. The Bertz CT molecular complexity index is 419. The van der Waals surface area contributed by atoms with Gasteiger partial charge in [0.05, 0.1) is 6.61 Å². The van der Waals surface area contributed by atoms with Gasteiger partial charge in [0.15, 0.2) is 0 Å². The Kier molecular flexibility index (Phi) is 7.09. The molecule has 0 aliphatic heterocycles. The summed E-state index contributed by atoms with van der Waals surface area (Å²) in [5.74, 6) is 0.986. The molecule has 0 bridgehead atoms. The summed E-state index contributed by atoms with van der Waals surface area (Å²) >= 11 is 0. The van der Waals surface area contributed by atoms with Crippen molar-refractivity contribution in [3.8, 4) is 5.75 Å². The predicted octanol–water partition coefficient (Wildman–Crippen LogP) is 2.21. The van der Waals surface area contributed by atoms with Gasteiger partial charge >= 0.3 is 0 Å². The van der Waals surface area contributed by atoms with Gasteiger partial charge in [-0.15, -0.1) is 0 Å². The molecular formula is C16H26N2O2. The van der Waals surface area contributed by atoms with Crippen LogP contribution in [0.1, 0.15) is 31.7 Å². The zero-order chi connectivity index (χ0) is 15.0. The third kappa shape index (κ3) is 6.06. The fraction of sp³-hybridized carbons (Fsp3) is 0.562. The summed E-state index contributed by atoms with van der Waals surface area (Å²) in [6.45, 7) is 2.65. The van der Waals surface area contributed by atoms with Crippen LogP contribution in [0.2, 0.25) is 0 Å². The van der Waals surface area contributed by atoms with Crippen molar-refractivity contribution in [2.45, 2.75) is 38.6 Å². The fourth-order valence-corrected chi connectivity index (χ4v) is 1.85. The number of benzene rings is 1. The maximum Gasteiger partial charge on any atom is 0.222 e. The Balaban J connectivity index is 2.37. The first-order valence-electron chi connectivity index (χ1n) is 7.20. The van der Waals surface area contributed by atoms with Gasteiger partial charge in [0.25, 0.3) is 0 Å². The largest absolute Gasteiger partial charge is 0.494 e. The molecule has 1 rings (SSSR count). The van der Waals surface area contributed by atoms with Crippen molar-refractivity contribution in [3.63, 3.8) is 0 Å². The molecule has 0 aliphatic rings. The standard InChI is InChI=1S/C16H26N2O2/c1-4-14(17)11-13-7-5-8-15(12-13)20-10-6-9-16(19)18(2)3/h5,7-8,12,14H,4,6,9-11,17H2,1-3H3. The molecule has 0 radical (unpaired) electrons. The zero-order valence-corrected chi connectivity index (χ0v) is 12.8. The monoisotopic (exact) mass is 278 g/mol. The van der Waals surface area contributed by atoms with Crippen LogP contribution in [0.4, 0.5) is 0 Å². The number of rotatable bonds is 8. The molecule has 0 heterocycles. The fourth-order valence-electron chi connectivity index (χ4n) is 1.85. The molecule has 112 valence electrons. The van der Waals surface area contributed by atoms with Crippen LogP contribution in [0.15, 0.2) is 24.3 Å². The lowest BCUT2D eigenvalue weighted by Gasteiger charge is -2.12. The van der Waals surface area contributed by atoms with Crippen LogP contribution < -0.4 is 10.5 Å². The van der Waals surface area contributed by atoms with E-state index in [1.165, 1.54) is 5.56 Å². The van der Waals surface area contributed by atoms with Gasteiger partial charge in [0, 0.05) is 26.6 Å². The molecule has 0 aromatic heterocycles. The number of nitrogens with two attached hydrogens (primary N) is 1. The minimum atomic E-state index is 0.135. The lowest BCUT2D eigenvalue weighted by Crippen LogP contribution is -2.22. The lowest BCUT2D eigenvalue weighted by atomic mass is 10.0. The van der Waals surface area contributed by atoms with Crippen LogP contribution in [0.5, 0.6) is 5.75 Å². The van der Waals surface area contributed by atoms with Crippen LogP contribution in [-0.4, -0.2) is 37.6 Å². The third-order valence-electron chi connectivity index (χ3n) is 3.22. The number of hydrogen-bond donors (Lipinski definition) is 1. The number of amides is 1. The first kappa shape index (κ1) is 16.5. The molecule has 0 saturated heterocycles. The minimum absolute atomic E-state index is 0.135. The Morgan fingerprint density at radius 3 is 2.80 bits per heavy atom. The number of nitrogens with zero attached hydrogens (tertiary/aromatic N) is 1. The van der Waals surface area contributed by atoms with Crippen molar-refractivity contribution in [3.05, 3.63) is 29.8 Å². The van der Waals surface area contributed by atoms with Gasteiger partial charge < -0.3 is 15.4 Å². The van der Waals surface area contributed by atoms with E-state index < -0.39 is 0 Å². The van der Waals surface area contributed by atoms with Crippen LogP contribution in [0, 0.1) is 0 Å². The average molecular weight is 278 g/mol. The van der Waals surface area contributed by atoms with E-state index in [-0.39, 0.29) is 11.9 Å². The summed E-state index contributed by atoms with van der Waals surface area (Å²) in [6.07, 6.45) is 3.09. The second-order valence-electron chi connectivity index (χ2n) is 5.26. The van der Waals surface area contributed by atoms with Gasteiger partial charge in [0.1, 0.15) is 5.75 Å². The van der Waals surface area contributed by atoms with E-state index in [2.05, 4.69) is 13.0 Å². The van der Waals surface area contributed by atoms with Crippen LogP contribution in [0.3, 0.4) is 0 Å². The Morgan fingerprint density at radius 2 is 2.15 bits per heavy atom. The van der Waals surface area contributed by atoms with Gasteiger partial charge in [-0.2, -0.15) is 0 Å². The molecule has 0 spiro atoms. The molecule has 1 atom stereocenters. The minimum Gasteiger partial charge on any atom is -0.494 e. The van der Waals surface area contributed by atoms with E-state index >= 15 is 0 Å². The molecule has 20 heavy (non-hydrogen) atoms. The molecule has 4 heteroatoms. The molecule has 2 N–H and O–H groups in total. The van der Waals surface area contributed by atoms with Crippen LogP contribution >= 0.6 is 0 Å². The smallest absolute Gasteiger partial charge is 0.222 e. The molecule has 1 aromatic rings. The lowest BCUT2D eigenvalue weighted by molar-refractivity contribution is -0.128. The Labute approximate surface area is 121 Å². The summed E-state index contributed by atoms with van der Waals surface area (Å²) in [6, 6.07) is 8.22. The Morgan fingerprint density at radius 1 is 1.40 bits per heavy atom. The average Bonchev–Trinajstić information content (AvgIpc) is 2.43. The van der Waals surface area contributed by atoms with Crippen molar-refractivity contribution in [2.24, 2.45) is 5.73 Å². The van der Waals surface area contributed by atoms with E-state index in [0.29, 0.717) is 13.0 Å². The van der Waals surface area contributed by atoms with Crippen LogP contribution in [-0.2, 0) is 11.2 Å². The SMILES string of the molecule is CCC(N)Cc1cccc(OCCCC(=O)N(C)C)c1. The van der Waals surface area contributed by atoms with Gasteiger partial charge in [-0.25, -0.2) is 0 Å². The molecule has 0 saturated carbocycles. The molecule has 1 unspecified atom stereocenters.